The molecule has 1 atom stereocenters. The van der Waals surface area contributed by atoms with Crippen LogP contribution in [-0.2, 0) is 4.74 Å². The number of rotatable bonds is 3. The highest BCUT2D eigenvalue weighted by molar-refractivity contribution is 5.94. The van der Waals surface area contributed by atoms with Gasteiger partial charge < -0.3 is 9.64 Å². The molecule has 0 spiro atoms. The minimum Gasteiger partial charge on any atom is -0.381 e. The van der Waals surface area contributed by atoms with Crippen LogP contribution in [0.1, 0.15) is 27.9 Å². The Hall–Kier alpha value is -1.39. The largest absolute Gasteiger partial charge is 0.381 e. The molecular formula is C18H26N2O2. The topological polar surface area (TPSA) is 32.8 Å². The molecule has 1 aromatic rings. The fourth-order valence-corrected chi connectivity index (χ4v) is 3.51. The quantitative estimate of drug-likeness (QED) is 0.857. The van der Waals surface area contributed by atoms with Crippen LogP contribution in [0, 0.1) is 19.8 Å². The third kappa shape index (κ3) is 3.68. The van der Waals surface area contributed by atoms with Gasteiger partial charge in [0.05, 0.1) is 6.61 Å². The van der Waals surface area contributed by atoms with Crippen LogP contribution < -0.4 is 0 Å². The molecule has 4 nitrogen and oxygen atoms in total. The van der Waals surface area contributed by atoms with Crippen molar-refractivity contribution in [2.75, 3.05) is 45.9 Å². The van der Waals surface area contributed by atoms with E-state index < -0.39 is 0 Å². The van der Waals surface area contributed by atoms with Crippen molar-refractivity contribution in [2.24, 2.45) is 5.92 Å². The molecule has 0 N–H and O–H groups in total. The summed E-state index contributed by atoms with van der Waals surface area (Å²) in [5.41, 5.74) is 3.14. The second kappa shape index (κ2) is 6.80. The summed E-state index contributed by atoms with van der Waals surface area (Å²) in [4.78, 5) is 17.1. The first-order chi connectivity index (χ1) is 10.6. The van der Waals surface area contributed by atoms with Gasteiger partial charge in [-0.1, -0.05) is 17.2 Å². The molecule has 3 rings (SSSR count). The average Bonchev–Trinajstić information content (AvgIpc) is 2.99. The Morgan fingerprint density at radius 2 is 1.82 bits per heavy atom. The van der Waals surface area contributed by atoms with Crippen molar-refractivity contribution < 1.29 is 9.53 Å². The second-order valence-corrected chi connectivity index (χ2v) is 6.70. The molecule has 0 bridgehead atoms. The number of piperazine rings is 1. The molecule has 0 saturated carbocycles. The van der Waals surface area contributed by atoms with Gasteiger partial charge in [0.25, 0.3) is 5.91 Å². The molecule has 120 valence electrons. The van der Waals surface area contributed by atoms with E-state index in [1.54, 1.807) is 0 Å². The van der Waals surface area contributed by atoms with Gasteiger partial charge in [0.1, 0.15) is 0 Å². The fourth-order valence-electron chi connectivity index (χ4n) is 3.51. The molecule has 2 aliphatic heterocycles. The van der Waals surface area contributed by atoms with Gasteiger partial charge in [-0.3, -0.25) is 9.69 Å². The monoisotopic (exact) mass is 302 g/mol. The van der Waals surface area contributed by atoms with E-state index in [2.05, 4.69) is 11.0 Å². The molecule has 1 unspecified atom stereocenters. The number of amides is 1. The van der Waals surface area contributed by atoms with Crippen molar-refractivity contribution in [1.29, 1.82) is 0 Å². The molecule has 2 saturated heterocycles. The van der Waals surface area contributed by atoms with Crippen LogP contribution in [-0.4, -0.2) is 61.6 Å². The van der Waals surface area contributed by atoms with Gasteiger partial charge in [0.15, 0.2) is 0 Å². The van der Waals surface area contributed by atoms with Gasteiger partial charge in [-0.2, -0.15) is 0 Å². The molecule has 2 aliphatic rings. The van der Waals surface area contributed by atoms with E-state index in [1.165, 1.54) is 6.42 Å². The molecule has 1 aromatic carbocycles. The van der Waals surface area contributed by atoms with Gasteiger partial charge in [-0.25, -0.2) is 0 Å². The summed E-state index contributed by atoms with van der Waals surface area (Å²) in [6.07, 6.45) is 1.18. The summed E-state index contributed by atoms with van der Waals surface area (Å²) >= 11 is 0. The van der Waals surface area contributed by atoms with E-state index in [0.29, 0.717) is 5.92 Å². The van der Waals surface area contributed by atoms with E-state index in [0.717, 1.165) is 62.6 Å². The van der Waals surface area contributed by atoms with Gasteiger partial charge in [-0.05, 0) is 38.3 Å². The highest BCUT2D eigenvalue weighted by Crippen LogP contribution is 2.17. The lowest BCUT2D eigenvalue weighted by molar-refractivity contribution is 0.0611. The molecule has 1 amide bonds. The number of nitrogens with zero attached hydrogens (tertiary/aromatic N) is 2. The highest BCUT2D eigenvalue weighted by atomic mass is 16.5. The molecule has 4 heteroatoms. The smallest absolute Gasteiger partial charge is 0.253 e. The minimum absolute atomic E-state index is 0.177. The zero-order valence-corrected chi connectivity index (χ0v) is 13.7. The predicted molar refractivity (Wildman–Crippen MR) is 87.2 cm³/mol. The third-order valence-electron chi connectivity index (χ3n) is 4.67. The number of hydrogen-bond acceptors (Lipinski definition) is 3. The third-order valence-corrected chi connectivity index (χ3v) is 4.67. The summed E-state index contributed by atoms with van der Waals surface area (Å²) < 4.78 is 5.45. The standard InChI is InChI=1S/C18H26N2O2/c1-14-9-15(2)11-17(10-14)18(21)20-6-4-19(5-7-20)12-16-3-8-22-13-16/h9-11,16H,3-8,12-13H2,1-2H3. The lowest BCUT2D eigenvalue weighted by Crippen LogP contribution is -2.49. The Labute approximate surface area is 133 Å². The molecule has 0 aliphatic carbocycles. The Balaban J connectivity index is 1.55. The first kappa shape index (κ1) is 15.5. The van der Waals surface area contributed by atoms with Crippen LogP contribution in [0.4, 0.5) is 0 Å². The van der Waals surface area contributed by atoms with Crippen molar-refractivity contribution in [1.82, 2.24) is 9.80 Å². The van der Waals surface area contributed by atoms with Gasteiger partial charge in [-0.15, -0.1) is 0 Å². The first-order valence-electron chi connectivity index (χ1n) is 8.29. The zero-order chi connectivity index (χ0) is 15.5. The SMILES string of the molecule is Cc1cc(C)cc(C(=O)N2CCN(CC3CCOC3)CC2)c1. The van der Waals surface area contributed by atoms with E-state index in [4.69, 9.17) is 4.74 Å². The Morgan fingerprint density at radius 1 is 1.14 bits per heavy atom. The summed E-state index contributed by atoms with van der Waals surface area (Å²) in [6, 6.07) is 6.10. The Morgan fingerprint density at radius 3 is 2.41 bits per heavy atom. The van der Waals surface area contributed by atoms with Gasteiger partial charge in [0.2, 0.25) is 0 Å². The van der Waals surface area contributed by atoms with Crippen LogP contribution >= 0.6 is 0 Å². The molecule has 0 radical (unpaired) electrons. The normalized spacial score (nSPS) is 23.0. The van der Waals surface area contributed by atoms with Crippen molar-refractivity contribution in [3.63, 3.8) is 0 Å². The number of carbonyl (C=O) groups is 1. The molecule has 2 fully saturated rings. The average molecular weight is 302 g/mol. The summed E-state index contributed by atoms with van der Waals surface area (Å²) in [7, 11) is 0. The molecule has 22 heavy (non-hydrogen) atoms. The van der Waals surface area contributed by atoms with Crippen molar-refractivity contribution >= 4 is 5.91 Å². The van der Waals surface area contributed by atoms with Crippen LogP contribution in [0.3, 0.4) is 0 Å². The fraction of sp³-hybridized carbons (Fsp3) is 0.611. The van der Waals surface area contributed by atoms with Gasteiger partial charge in [0, 0.05) is 44.9 Å². The van der Waals surface area contributed by atoms with E-state index in [-0.39, 0.29) is 5.91 Å². The van der Waals surface area contributed by atoms with E-state index in [9.17, 15) is 4.79 Å². The van der Waals surface area contributed by atoms with Crippen molar-refractivity contribution in [3.8, 4) is 0 Å². The number of ether oxygens (including phenoxy) is 1. The maximum Gasteiger partial charge on any atom is 0.253 e. The Bertz CT molecular complexity index is 510. The lowest BCUT2D eigenvalue weighted by atomic mass is 10.1. The van der Waals surface area contributed by atoms with Crippen molar-refractivity contribution in [2.45, 2.75) is 20.3 Å². The summed E-state index contributed by atoms with van der Waals surface area (Å²) in [6.45, 7) is 10.7. The number of aryl methyl sites for hydroxylation is 2. The van der Waals surface area contributed by atoms with E-state index in [1.807, 2.05) is 30.9 Å². The van der Waals surface area contributed by atoms with Crippen LogP contribution in [0.25, 0.3) is 0 Å². The lowest BCUT2D eigenvalue weighted by Gasteiger charge is -2.35. The zero-order valence-electron chi connectivity index (χ0n) is 13.7. The minimum atomic E-state index is 0.177. The van der Waals surface area contributed by atoms with Crippen LogP contribution in [0.2, 0.25) is 0 Å². The summed E-state index contributed by atoms with van der Waals surface area (Å²) in [5.74, 6) is 0.859. The highest BCUT2D eigenvalue weighted by Gasteiger charge is 2.25. The Kier molecular flexibility index (Phi) is 4.79. The number of carbonyl (C=O) groups excluding carboxylic acids is 1. The number of hydrogen-bond donors (Lipinski definition) is 0. The molecule has 2 heterocycles. The van der Waals surface area contributed by atoms with Crippen molar-refractivity contribution in [3.05, 3.63) is 34.9 Å². The maximum absolute atomic E-state index is 12.6. The first-order valence-corrected chi connectivity index (χ1v) is 8.29. The molecular weight excluding hydrogens is 276 g/mol. The van der Waals surface area contributed by atoms with E-state index >= 15 is 0 Å². The summed E-state index contributed by atoms with van der Waals surface area (Å²) in [5, 5.41) is 0. The maximum atomic E-state index is 12.6. The second-order valence-electron chi connectivity index (χ2n) is 6.70. The van der Waals surface area contributed by atoms with Crippen LogP contribution in [0.15, 0.2) is 18.2 Å². The predicted octanol–water partition coefficient (Wildman–Crippen LogP) is 2.10. The number of benzene rings is 1. The molecule has 0 aromatic heterocycles. The van der Waals surface area contributed by atoms with Crippen LogP contribution in [0.5, 0.6) is 0 Å². The van der Waals surface area contributed by atoms with Gasteiger partial charge >= 0.3 is 0 Å².